The lowest BCUT2D eigenvalue weighted by atomic mass is 10.0. The van der Waals surface area contributed by atoms with Gasteiger partial charge in [0.15, 0.2) is 0 Å². The second-order valence-corrected chi connectivity index (χ2v) is 5.74. The predicted molar refractivity (Wildman–Crippen MR) is 88.9 cm³/mol. The SMILES string of the molecule is CCc1ccc(C(N)COc2c(C)cc(C)cc2C)cc1. The number of hydrogen-bond donors (Lipinski definition) is 1. The Morgan fingerprint density at radius 1 is 1.00 bits per heavy atom. The lowest BCUT2D eigenvalue weighted by Gasteiger charge is -2.17. The van der Waals surface area contributed by atoms with Crippen LogP contribution in [-0.4, -0.2) is 6.61 Å². The molecular formula is C19H25NO. The summed E-state index contributed by atoms with van der Waals surface area (Å²) in [6.45, 7) is 8.91. The highest BCUT2D eigenvalue weighted by atomic mass is 16.5. The van der Waals surface area contributed by atoms with Gasteiger partial charge in [-0.3, -0.25) is 0 Å². The molecule has 0 aliphatic carbocycles. The summed E-state index contributed by atoms with van der Waals surface area (Å²) in [5.74, 6) is 0.959. The molecule has 0 heterocycles. The summed E-state index contributed by atoms with van der Waals surface area (Å²) in [5.41, 5.74) is 12.3. The van der Waals surface area contributed by atoms with Crippen LogP contribution in [0.15, 0.2) is 36.4 Å². The molecule has 0 saturated carbocycles. The highest BCUT2D eigenvalue weighted by molar-refractivity contribution is 5.43. The van der Waals surface area contributed by atoms with Crippen molar-refractivity contribution in [1.29, 1.82) is 0 Å². The Balaban J connectivity index is 2.05. The smallest absolute Gasteiger partial charge is 0.125 e. The largest absolute Gasteiger partial charge is 0.491 e. The highest BCUT2D eigenvalue weighted by Crippen LogP contribution is 2.25. The molecule has 0 amide bonds. The summed E-state index contributed by atoms with van der Waals surface area (Å²) in [5, 5.41) is 0. The van der Waals surface area contributed by atoms with Crippen molar-refractivity contribution in [2.24, 2.45) is 5.73 Å². The predicted octanol–water partition coefficient (Wildman–Crippen LogP) is 4.25. The molecule has 2 N–H and O–H groups in total. The fourth-order valence-electron chi connectivity index (χ4n) is 2.66. The third-order valence-corrected chi connectivity index (χ3v) is 3.83. The minimum absolute atomic E-state index is 0.101. The van der Waals surface area contributed by atoms with Crippen LogP contribution in [0.25, 0.3) is 0 Å². The van der Waals surface area contributed by atoms with E-state index in [1.165, 1.54) is 22.3 Å². The molecule has 0 aromatic heterocycles. The Morgan fingerprint density at radius 3 is 2.10 bits per heavy atom. The van der Waals surface area contributed by atoms with Gasteiger partial charge >= 0.3 is 0 Å². The molecule has 1 atom stereocenters. The van der Waals surface area contributed by atoms with Crippen LogP contribution >= 0.6 is 0 Å². The Bertz CT molecular complexity index is 578. The quantitative estimate of drug-likeness (QED) is 0.890. The second-order valence-electron chi connectivity index (χ2n) is 5.74. The van der Waals surface area contributed by atoms with E-state index < -0.39 is 0 Å². The van der Waals surface area contributed by atoms with Gasteiger partial charge in [-0.05, 0) is 49.4 Å². The van der Waals surface area contributed by atoms with Crippen LogP contribution in [0.5, 0.6) is 5.75 Å². The van der Waals surface area contributed by atoms with Crippen molar-refractivity contribution in [2.75, 3.05) is 6.61 Å². The van der Waals surface area contributed by atoms with Gasteiger partial charge in [-0.25, -0.2) is 0 Å². The molecule has 0 aliphatic rings. The number of benzene rings is 2. The van der Waals surface area contributed by atoms with Crippen LogP contribution in [-0.2, 0) is 6.42 Å². The van der Waals surface area contributed by atoms with Gasteiger partial charge < -0.3 is 10.5 Å². The number of aryl methyl sites for hydroxylation is 4. The van der Waals surface area contributed by atoms with Crippen molar-refractivity contribution in [3.63, 3.8) is 0 Å². The Kier molecular flexibility index (Phi) is 5.03. The van der Waals surface area contributed by atoms with Crippen molar-refractivity contribution in [2.45, 2.75) is 40.2 Å². The normalized spacial score (nSPS) is 12.2. The zero-order valence-electron chi connectivity index (χ0n) is 13.4. The fraction of sp³-hybridized carbons (Fsp3) is 0.368. The minimum Gasteiger partial charge on any atom is -0.491 e. The Hall–Kier alpha value is -1.80. The van der Waals surface area contributed by atoms with Gasteiger partial charge in [0.05, 0.1) is 6.04 Å². The van der Waals surface area contributed by atoms with E-state index in [-0.39, 0.29) is 6.04 Å². The van der Waals surface area contributed by atoms with E-state index in [1.54, 1.807) is 0 Å². The van der Waals surface area contributed by atoms with Crippen molar-refractivity contribution >= 4 is 0 Å². The Labute approximate surface area is 127 Å². The number of rotatable bonds is 5. The van der Waals surface area contributed by atoms with Crippen LogP contribution in [0.4, 0.5) is 0 Å². The van der Waals surface area contributed by atoms with Crippen molar-refractivity contribution in [3.8, 4) is 5.75 Å². The second kappa shape index (κ2) is 6.77. The molecule has 0 fully saturated rings. The summed E-state index contributed by atoms with van der Waals surface area (Å²) >= 11 is 0. The molecule has 2 nitrogen and oxygen atoms in total. The van der Waals surface area contributed by atoms with Crippen LogP contribution in [0.3, 0.4) is 0 Å². The van der Waals surface area contributed by atoms with E-state index in [9.17, 15) is 0 Å². The average Bonchev–Trinajstić information content (AvgIpc) is 2.46. The number of ether oxygens (including phenoxy) is 1. The summed E-state index contributed by atoms with van der Waals surface area (Å²) in [6, 6.07) is 12.7. The maximum atomic E-state index is 6.24. The summed E-state index contributed by atoms with van der Waals surface area (Å²) < 4.78 is 5.97. The zero-order chi connectivity index (χ0) is 15.4. The standard InChI is InChI=1S/C19H25NO/c1-5-16-6-8-17(9-7-16)18(20)12-21-19-14(3)10-13(2)11-15(19)4/h6-11,18H,5,12,20H2,1-4H3. The molecule has 21 heavy (non-hydrogen) atoms. The molecule has 2 heteroatoms. The van der Waals surface area contributed by atoms with Crippen LogP contribution in [0.2, 0.25) is 0 Å². The fourth-order valence-corrected chi connectivity index (χ4v) is 2.66. The first-order valence-electron chi connectivity index (χ1n) is 7.56. The highest BCUT2D eigenvalue weighted by Gasteiger charge is 2.10. The van der Waals surface area contributed by atoms with E-state index >= 15 is 0 Å². The molecule has 2 aromatic rings. The summed E-state index contributed by atoms with van der Waals surface area (Å²) in [7, 11) is 0. The van der Waals surface area contributed by atoms with Crippen LogP contribution in [0.1, 0.15) is 40.8 Å². The summed E-state index contributed by atoms with van der Waals surface area (Å²) in [6.07, 6.45) is 1.05. The maximum absolute atomic E-state index is 6.24. The molecular weight excluding hydrogens is 258 g/mol. The third-order valence-electron chi connectivity index (χ3n) is 3.83. The average molecular weight is 283 g/mol. The van der Waals surface area contributed by atoms with Gasteiger partial charge in [0.25, 0.3) is 0 Å². The molecule has 0 bridgehead atoms. The number of nitrogens with two attached hydrogens (primary N) is 1. The first kappa shape index (κ1) is 15.6. The van der Waals surface area contributed by atoms with Gasteiger partial charge in [0.2, 0.25) is 0 Å². The lowest BCUT2D eigenvalue weighted by Crippen LogP contribution is -2.19. The molecule has 0 aliphatic heterocycles. The first-order valence-corrected chi connectivity index (χ1v) is 7.56. The molecule has 2 aromatic carbocycles. The topological polar surface area (TPSA) is 35.2 Å². The minimum atomic E-state index is -0.101. The van der Waals surface area contributed by atoms with Gasteiger partial charge in [-0.1, -0.05) is 48.9 Å². The van der Waals surface area contributed by atoms with E-state index in [1.807, 2.05) is 0 Å². The van der Waals surface area contributed by atoms with Gasteiger partial charge in [0, 0.05) is 0 Å². The number of hydrogen-bond acceptors (Lipinski definition) is 2. The lowest BCUT2D eigenvalue weighted by molar-refractivity contribution is 0.287. The third kappa shape index (κ3) is 3.85. The van der Waals surface area contributed by atoms with Gasteiger partial charge in [-0.2, -0.15) is 0 Å². The zero-order valence-corrected chi connectivity index (χ0v) is 13.4. The molecule has 0 spiro atoms. The molecule has 112 valence electrons. The van der Waals surface area contributed by atoms with E-state index in [0.29, 0.717) is 6.61 Å². The van der Waals surface area contributed by atoms with E-state index in [4.69, 9.17) is 10.5 Å². The molecule has 0 radical (unpaired) electrons. The van der Waals surface area contributed by atoms with E-state index in [0.717, 1.165) is 17.7 Å². The summed E-state index contributed by atoms with van der Waals surface area (Å²) in [4.78, 5) is 0. The molecule has 1 unspecified atom stereocenters. The van der Waals surface area contributed by atoms with Crippen molar-refractivity contribution in [3.05, 3.63) is 64.2 Å². The van der Waals surface area contributed by atoms with Crippen molar-refractivity contribution < 1.29 is 4.74 Å². The monoisotopic (exact) mass is 283 g/mol. The first-order chi connectivity index (χ1) is 10.0. The molecule has 2 rings (SSSR count). The maximum Gasteiger partial charge on any atom is 0.125 e. The van der Waals surface area contributed by atoms with E-state index in [2.05, 4.69) is 64.1 Å². The van der Waals surface area contributed by atoms with Crippen LogP contribution < -0.4 is 10.5 Å². The van der Waals surface area contributed by atoms with Crippen LogP contribution in [0, 0.1) is 20.8 Å². The van der Waals surface area contributed by atoms with Gasteiger partial charge in [0.1, 0.15) is 12.4 Å². The Morgan fingerprint density at radius 2 is 1.57 bits per heavy atom. The molecule has 0 saturated heterocycles. The van der Waals surface area contributed by atoms with Crippen molar-refractivity contribution in [1.82, 2.24) is 0 Å². The van der Waals surface area contributed by atoms with Gasteiger partial charge in [-0.15, -0.1) is 0 Å².